The van der Waals surface area contributed by atoms with Crippen LogP contribution in [0.1, 0.15) is 6.92 Å². The van der Waals surface area contributed by atoms with Gasteiger partial charge in [-0.2, -0.15) is 0 Å². The van der Waals surface area contributed by atoms with Gasteiger partial charge in [-0.25, -0.2) is 0 Å². The molecule has 3 N–H and O–H groups in total. The van der Waals surface area contributed by atoms with Gasteiger partial charge in [0.1, 0.15) is 0 Å². The summed E-state index contributed by atoms with van der Waals surface area (Å²) in [5, 5.41) is 0. The second kappa shape index (κ2) is 10.8. The maximum Gasteiger partial charge on any atom is -0.870 e. The van der Waals surface area contributed by atoms with Gasteiger partial charge >= 0.3 is 112 Å². The van der Waals surface area contributed by atoms with Crippen LogP contribution in [0.5, 0.6) is 0 Å². The Bertz CT molecular complexity index is 384. The zero-order chi connectivity index (χ0) is 13.0. The standard InChI is InChI=1S/C13H19GeN2O.3H2O/c1-10(9-15(2)3)13(17)16(4)12-7-5-11(14)6-8-12;;;/h5-8,10H,9H2,1-4H3;3*1H2/q+3;;;/p-3. The number of rotatable bonds is 4. The monoisotopic (exact) mass is 344 g/mol. The number of hydrogen-bond donors (Lipinski definition) is 0. The number of carbonyl (C=O) groups is 1. The van der Waals surface area contributed by atoms with Gasteiger partial charge < -0.3 is 16.4 Å². The zero-order valence-electron chi connectivity index (χ0n) is 12.2. The van der Waals surface area contributed by atoms with Gasteiger partial charge in [0, 0.05) is 0 Å². The summed E-state index contributed by atoms with van der Waals surface area (Å²) in [7, 11) is 5.80. The molecule has 0 aliphatic heterocycles. The molecule has 1 aromatic carbocycles. The van der Waals surface area contributed by atoms with Crippen LogP contribution < -0.4 is 9.30 Å². The molecule has 1 atom stereocenters. The number of amides is 1. The summed E-state index contributed by atoms with van der Waals surface area (Å²) in [5.74, 6) is 0.166. The number of anilines is 1. The molecule has 112 valence electrons. The van der Waals surface area contributed by atoms with Crippen molar-refractivity contribution < 1.29 is 21.2 Å². The normalized spacial score (nSPS) is 10.8. The average molecular weight is 343 g/mol. The molecule has 0 heterocycles. The van der Waals surface area contributed by atoms with Crippen molar-refractivity contribution in [3.63, 3.8) is 0 Å². The first-order valence-electron chi connectivity index (χ1n) is 5.65. The van der Waals surface area contributed by atoms with Crippen molar-refractivity contribution in [3.05, 3.63) is 24.3 Å². The smallest absolute Gasteiger partial charge is 0.870 e. The molecule has 0 aromatic heterocycles. The minimum Gasteiger partial charge on any atom is -0.870 e. The number of benzene rings is 1. The predicted molar refractivity (Wildman–Crippen MR) is 78.8 cm³/mol. The Morgan fingerprint density at radius 3 is 1.95 bits per heavy atom. The van der Waals surface area contributed by atoms with Crippen LogP contribution in [0.2, 0.25) is 0 Å². The van der Waals surface area contributed by atoms with Gasteiger partial charge in [-0.05, 0) is 0 Å². The number of hydrogen-bond acceptors (Lipinski definition) is 5. The second-order valence-corrected chi connectivity index (χ2v) is 5.82. The SMILES string of the molecule is CC(CN(C)C)C(=O)N(C)c1cc[c]([Ge+3])cc1.[OH-].[OH-].[OH-]. The number of carbonyl (C=O) groups excluding carboxylic acids is 1. The molecule has 1 rings (SSSR count). The molecular formula is C13H22GeN2O4. The van der Waals surface area contributed by atoms with Crippen LogP contribution in [0.4, 0.5) is 5.69 Å². The van der Waals surface area contributed by atoms with Gasteiger partial charge in [-0.3, -0.25) is 0 Å². The third-order valence-corrected chi connectivity index (χ3v) is 3.35. The van der Waals surface area contributed by atoms with E-state index in [9.17, 15) is 4.79 Å². The topological polar surface area (TPSA) is 114 Å². The van der Waals surface area contributed by atoms with Crippen LogP contribution in [-0.4, -0.2) is 71.4 Å². The van der Waals surface area contributed by atoms with Gasteiger partial charge in [0.2, 0.25) is 0 Å². The maximum absolute atomic E-state index is 12.2. The van der Waals surface area contributed by atoms with Gasteiger partial charge in [0.15, 0.2) is 0 Å². The van der Waals surface area contributed by atoms with Gasteiger partial charge in [0.25, 0.3) is 0 Å². The largest absolute Gasteiger partial charge is 0.870 e. The van der Waals surface area contributed by atoms with Crippen molar-refractivity contribution >= 4 is 32.5 Å². The molecule has 1 aromatic rings. The summed E-state index contributed by atoms with van der Waals surface area (Å²) >= 11 is 2.04. The molecule has 0 aliphatic rings. The van der Waals surface area contributed by atoms with E-state index in [4.69, 9.17) is 0 Å². The minimum atomic E-state index is 0. The van der Waals surface area contributed by atoms with E-state index in [0.29, 0.717) is 0 Å². The molecule has 20 heavy (non-hydrogen) atoms. The Kier molecular flexibility index (Phi) is 13.0. The van der Waals surface area contributed by atoms with E-state index < -0.39 is 0 Å². The molecule has 0 saturated heterocycles. The summed E-state index contributed by atoms with van der Waals surface area (Å²) in [6, 6.07) is 8.01. The van der Waals surface area contributed by atoms with Crippen molar-refractivity contribution in [2.75, 3.05) is 32.6 Å². The fraction of sp³-hybridized carbons (Fsp3) is 0.462. The molecule has 0 fully saturated rings. The molecular weight excluding hydrogens is 321 g/mol. The fourth-order valence-electron chi connectivity index (χ4n) is 1.77. The quantitative estimate of drug-likeness (QED) is 0.720. The van der Waals surface area contributed by atoms with E-state index in [1.54, 1.807) is 4.90 Å². The van der Waals surface area contributed by atoms with Crippen LogP contribution in [0.3, 0.4) is 0 Å². The summed E-state index contributed by atoms with van der Waals surface area (Å²) in [6.07, 6.45) is 0. The Balaban J connectivity index is -0.000000963. The van der Waals surface area contributed by atoms with E-state index in [2.05, 4.69) is 0 Å². The molecule has 1 unspecified atom stereocenters. The van der Waals surface area contributed by atoms with Gasteiger partial charge in [0.05, 0.1) is 0 Å². The fourth-order valence-corrected chi connectivity index (χ4v) is 2.12. The zero-order valence-corrected chi connectivity index (χ0v) is 14.3. The van der Waals surface area contributed by atoms with E-state index in [1.807, 2.05) is 73.7 Å². The van der Waals surface area contributed by atoms with Crippen LogP contribution in [0.25, 0.3) is 0 Å². The van der Waals surface area contributed by atoms with Crippen molar-refractivity contribution in [1.82, 2.24) is 4.90 Å². The number of nitrogens with zero attached hydrogens (tertiary/aromatic N) is 2. The minimum absolute atomic E-state index is 0. The average Bonchev–Trinajstić information content (AvgIpc) is 2.27. The molecule has 0 aliphatic carbocycles. The van der Waals surface area contributed by atoms with E-state index in [-0.39, 0.29) is 28.3 Å². The Morgan fingerprint density at radius 2 is 1.55 bits per heavy atom. The second-order valence-electron chi connectivity index (χ2n) is 4.61. The predicted octanol–water partition coefficient (Wildman–Crippen LogP) is 0.110. The first-order chi connectivity index (χ1) is 7.91. The van der Waals surface area contributed by atoms with E-state index in [1.165, 1.54) is 4.40 Å². The van der Waals surface area contributed by atoms with E-state index >= 15 is 0 Å². The Morgan fingerprint density at radius 1 is 1.10 bits per heavy atom. The van der Waals surface area contributed by atoms with Crippen molar-refractivity contribution in [2.24, 2.45) is 5.92 Å². The molecule has 0 radical (unpaired) electrons. The summed E-state index contributed by atoms with van der Waals surface area (Å²) < 4.78 is 1.20. The van der Waals surface area contributed by atoms with Crippen LogP contribution >= 0.6 is 0 Å². The molecule has 1 amide bonds. The van der Waals surface area contributed by atoms with Gasteiger partial charge in [-0.15, -0.1) is 0 Å². The Hall–Kier alpha value is -0.927. The van der Waals surface area contributed by atoms with Crippen molar-refractivity contribution in [2.45, 2.75) is 6.92 Å². The molecule has 6 nitrogen and oxygen atoms in total. The van der Waals surface area contributed by atoms with Gasteiger partial charge in [-0.1, -0.05) is 0 Å². The first kappa shape index (κ1) is 24.1. The molecule has 0 saturated carbocycles. The third kappa shape index (κ3) is 7.02. The third-order valence-electron chi connectivity index (χ3n) is 2.65. The molecule has 0 bridgehead atoms. The summed E-state index contributed by atoms with van der Waals surface area (Å²) in [5.41, 5.74) is 0.950. The summed E-state index contributed by atoms with van der Waals surface area (Å²) in [6.45, 7) is 2.74. The summed E-state index contributed by atoms with van der Waals surface area (Å²) in [4.78, 5) is 15.9. The van der Waals surface area contributed by atoms with Crippen LogP contribution in [0, 0.1) is 5.92 Å². The molecule has 0 spiro atoms. The maximum atomic E-state index is 12.2. The Labute approximate surface area is 128 Å². The van der Waals surface area contributed by atoms with Crippen LogP contribution in [0.15, 0.2) is 24.3 Å². The van der Waals surface area contributed by atoms with Crippen LogP contribution in [-0.2, 0) is 4.79 Å². The first-order valence-corrected chi connectivity index (χ1v) is 6.70. The van der Waals surface area contributed by atoms with Crippen molar-refractivity contribution in [3.8, 4) is 0 Å². The van der Waals surface area contributed by atoms with Crippen molar-refractivity contribution in [1.29, 1.82) is 0 Å². The molecule has 7 heteroatoms. The van der Waals surface area contributed by atoms with E-state index in [0.717, 1.165) is 12.2 Å².